The van der Waals surface area contributed by atoms with Gasteiger partial charge in [0, 0.05) is 17.7 Å². The van der Waals surface area contributed by atoms with Crippen molar-refractivity contribution in [2.75, 3.05) is 6.26 Å². The van der Waals surface area contributed by atoms with Crippen LogP contribution in [0.4, 0.5) is 4.79 Å². The number of fused-ring (bicyclic) bond motifs is 2. The van der Waals surface area contributed by atoms with Gasteiger partial charge in [0.2, 0.25) is 15.9 Å². The average molecular weight is 565 g/mol. The number of oxazole rings is 1. The number of sulfonamides is 1. The fourth-order valence-electron chi connectivity index (χ4n) is 4.56. The van der Waals surface area contributed by atoms with Gasteiger partial charge in [-0.1, -0.05) is 71.9 Å². The third-order valence-electron chi connectivity index (χ3n) is 6.20. The lowest BCUT2D eigenvalue weighted by Crippen LogP contribution is -2.32. The number of aromatic amines is 1. The van der Waals surface area contributed by atoms with Crippen LogP contribution in [-0.4, -0.2) is 35.3 Å². The number of hydrogen-bond acceptors (Lipinski definition) is 8. The Balaban J connectivity index is 1.54. The maximum Gasteiger partial charge on any atom is 0.427 e. The number of nitrogens with zero attached hydrogens (tertiary/aromatic N) is 2. The van der Waals surface area contributed by atoms with E-state index < -0.39 is 21.8 Å². The molecule has 10 nitrogen and oxygen atoms in total. The Bertz CT molecular complexity index is 1810. The van der Waals surface area contributed by atoms with E-state index in [1.54, 1.807) is 10.9 Å². The molecule has 0 saturated heterocycles. The summed E-state index contributed by atoms with van der Waals surface area (Å²) in [5.41, 5.74) is 6.72. The molecule has 1 aliphatic carbocycles. The first kappa shape index (κ1) is 26.3. The molecule has 2 aromatic heterocycles. The zero-order valence-corrected chi connectivity index (χ0v) is 22.9. The Kier molecular flexibility index (Phi) is 6.83. The lowest BCUT2D eigenvalue weighted by atomic mass is 9.83. The summed E-state index contributed by atoms with van der Waals surface area (Å²) in [5.74, 6) is -0.457. The van der Waals surface area contributed by atoms with Crippen molar-refractivity contribution in [3.8, 4) is 5.88 Å². The van der Waals surface area contributed by atoms with Crippen LogP contribution in [0.5, 0.6) is 5.88 Å². The Labute approximate surface area is 229 Å². The van der Waals surface area contributed by atoms with Crippen molar-refractivity contribution in [2.45, 2.75) is 26.3 Å². The highest BCUT2D eigenvalue weighted by molar-refractivity contribution is 7.89. The van der Waals surface area contributed by atoms with Crippen LogP contribution < -0.4 is 15.1 Å². The van der Waals surface area contributed by atoms with Gasteiger partial charge in [-0.15, -0.1) is 0 Å². The van der Waals surface area contributed by atoms with Gasteiger partial charge in [0.25, 0.3) is 5.88 Å². The summed E-state index contributed by atoms with van der Waals surface area (Å²) in [6.45, 7) is 3.98. The zero-order chi connectivity index (χ0) is 27.9. The first-order valence-electron chi connectivity index (χ1n) is 11.8. The number of carbonyl (C=O) groups excluding carboxylic acids is 1. The first-order valence-corrected chi connectivity index (χ1v) is 14.1. The van der Waals surface area contributed by atoms with Crippen LogP contribution >= 0.6 is 12.2 Å². The summed E-state index contributed by atoms with van der Waals surface area (Å²) in [4.78, 5) is 31.4. The van der Waals surface area contributed by atoms with Gasteiger partial charge >= 0.3 is 11.8 Å². The van der Waals surface area contributed by atoms with E-state index in [1.807, 2.05) is 13.8 Å². The molecule has 4 aromatic rings. The van der Waals surface area contributed by atoms with Crippen LogP contribution in [0.25, 0.3) is 12.2 Å². The summed E-state index contributed by atoms with van der Waals surface area (Å²) < 4.78 is 36.0. The van der Waals surface area contributed by atoms with Gasteiger partial charge in [-0.25, -0.2) is 22.7 Å². The molecule has 2 heterocycles. The summed E-state index contributed by atoms with van der Waals surface area (Å²) in [7, 11) is -3.81. The van der Waals surface area contributed by atoms with E-state index in [-0.39, 0.29) is 24.2 Å². The predicted molar refractivity (Wildman–Crippen MR) is 148 cm³/mol. The van der Waals surface area contributed by atoms with Gasteiger partial charge in [0.15, 0.2) is 6.26 Å². The third kappa shape index (κ3) is 5.76. The second-order valence-electron chi connectivity index (χ2n) is 9.35. The van der Waals surface area contributed by atoms with Crippen LogP contribution in [-0.2, 0) is 16.6 Å². The summed E-state index contributed by atoms with van der Waals surface area (Å²) >= 11 is 5.65. The molecule has 0 saturated carbocycles. The third-order valence-corrected chi connectivity index (χ3v) is 7.08. The molecule has 2 N–H and O–H groups in total. The maximum atomic E-state index is 12.9. The van der Waals surface area contributed by atoms with Crippen LogP contribution in [0.15, 0.2) is 58.1 Å². The van der Waals surface area contributed by atoms with Crippen molar-refractivity contribution in [1.29, 1.82) is 0 Å². The normalized spacial score (nSPS) is 12.9. The minimum absolute atomic E-state index is 0.0605. The average Bonchev–Trinajstić information content (AvgIpc) is 3.21. The summed E-state index contributed by atoms with van der Waals surface area (Å²) in [6, 6.07) is 12.5. The van der Waals surface area contributed by atoms with Crippen molar-refractivity contribution >= 4 is 40.5 Å². The molecule has 2 aromatic carbocycles. The molecular weight excluding hydrogens is 540 g/mol. The Morgan fingerprint density at radius 2 is 1.72 bits per heavy atom. The molecule has 39 heavy (non-hydrogen) atoms. The number of aryl methyl sites for hydroxylation is 2. The van der Waals surface area contributed by atoms with Crippen molar-refractivity contribution < 1.29 is 22.4 Å². The van der Waals surface area contributed by atoms with Crippen molar-refractivity contribution in [3.63, 3.8) is 0 Å². The predicted octanol–water partition coefficient (Wildman–Crippen LogP) is 4.27. The number of benzene rings is 2. The number of H-pyrrole nitrogens is 1. The molecule has 5 rings (SSSR count). The number of nitrogens with one attached hydrogen (secondary N) is 2. The number of ether oxygens (including phenoxy) is 1. The number of carbonyl (C=O) groups is 1. The van der Waals surface area contributed by atoms with E-state index in [9.17, 15) is 18.0 Å². The van der Waals surface area contributed by atoms with E-state index in [2.05, 4.69) is 58.5 Å². The lowest BCUT2D eigenvalue weighted by molar-refractivity contribution is 0.205. The van der Waals surface area contributed by atoms with Crippen molar-refractivity contribution in [3.05, 3.63) is 109 Å². The first-order chi connectivity index (χ1) is 18.5. The standard InChI is InChI=1S/C27H24N4O6S2/c1-15-4-8-19-17(10-15)6-7-18-11-16(2)5-9-20(18)24(19)21-12-31(26(32)29-25(21)38)13-22-28-23(14-36-22)37-27(33)30-39(3,34)35/h4-12,14,24H,13H2,1-3H3,(H,30,33)(H,29,32,38). The Hall–Kier alpha value is -4.29. The quantitative estimate of drug-likeness (QED) is 0.302. The summed E-state index contributed by atoms with van der Waals surface area (Å²) in [6.07, 6.45) is 6.50. The topological polar surface area (TPSA) is 136 Å². The number of hydrogen-bond donors (Lipinski definition) is 2. The second-order valence-corrected chi connectivity index (χ2v) is 11.5. The molecule has 1 aliphatic rings. The highest BCUT2D eigenvalue weighted by Gasteiger charge is 2.26. The second kappa shape index (κ2) is 10.1. The van der Waals surface area contributed by atoms with Crippen molar-refractivity contribution in [2.24, 2.45) is 0 Å². The largest absolute Gasteiger partial charge is 0.443 e. The van der Waals surface area contributed by atoms with E-state index in [1.165, 1.54) is 4.57 Å². The number of amides is 1. The van der Waals surface area contributed by atoms with E-state index in [4.69, 9.17) is 21.4 Å². The monoisotopic (exact) mass is 564 g/mol. The van der Waals surface area contributed by atoms with Crippen LogP contribution in [0.2, 0.25) is 0 Å². The van der Waals surface area contributed by atoms with Gasteiger partial charge < -0.3 is 9.15 Å². The van der Waals surface area contributed by atoms with Gasteiger partial charge in [-0.3, -0.25) is 9.55 Å². The van der Waals surface area contributed by atoms with E-state index in [0.717, 1.165) is 51.5 Å². The van der Waals surface area contributed by atoms with Crippen LogP contribution in [0.1, 0.15) is 50.8 Å². The highest BCUT2D eigenvalue weighted by atomic mass is 32.2. The number of aromatic nitrogens is 3. The molecule has 200 valence electrons. The SMILES string of the molecule is Cc1ccc2c(c1)C=Cc1cc(C)ccc1C2c1cn(Cc2nc(OC(=O)NS(C)(=O)=O)co2)c(=O)[nH]c1=S. The van der Waals surface area contributed by atoms with E-state index >= 15 is 0 Å². The fourth-order valence-corrected chi connectivity index (χ4v) is 5.16. The molecule has 0 radical (unpaired) electrons. The molecule has 0 fully saturated rings. The fraction of sp³-hybridized carbons (Fsp3) is 0.185. The minimum atomic E-state index is -3.81. The van der Waals surface area contributed by atoms with Gasteiger partial charge in [-0.2, -0.15) is 4.98 Å². The molecule has 0 bridgehead atoms. The molecule has 0 aliphatic heterocycles. The summed E-state index contributed by atoms with van der Waals surface area (Å²) in [5, 5.41) is 0. The van der Waals surface area contributed by atoms with Gasteiger partial charge in [0.1, 0.15) is 11.2 Å². The maximum absolute atomic E-state index is 12.9. The van der Waals surface area contributed by atoms with Gasteiger partial charge in [0.05, 0.1) is 6.26 Å². The van der Waals surface area contributed by atoms with Crippen LogP contribution in [0, 0.1) is 18.5 Å². The number of rotatable bonds is 5. The molecular formula is C27H24N4O6S2. The highest BCUT2D eigenvalue weighted by Crippen LogP contribution is 2.39. The smallest absolute Gasteiger partial charge is 0.427 e. The molecule has 0 unspecified atom stereocenters. The Morgan fingerprint density at radius 3 is 2.31 bits per heavy atom. The van der Waals surface area contributed by atoms with Crippen LogP contribution in [0.3, 0.4) is 0 Å². The zero-order valence-electron chi connectivity index (χ0n) is 21.2. The molecule has 0 atom stereocenters. The molecule has 12 heteroatoms. The Morgan fingerprint density at radius 1 is 1.10 bits per heavy atom. The van der Waals surface area contributed by atoms with E-state index in [0.29, 0.717) is 4.64 Å². The molecule has 0 spiro atoms. The molecule has 1 amide bonds. The minimum Gasteiger partial charge on any atom is -0.443 e. The van der Waals surface area contributed by atoms with Crippen molar-refractivity contribution in [1.82, 2.24) is 19.3 Å². The van der Waals surface area contributed by atoms with Gasteiger partial charge in [-0.05, 0) is 36.1 Å². The lowest BCUT2D eigenvalue weighted by Gasteiger charge is -2.22.